The van der Waals surface area contributed by atoms with Gasteiger partial charge in [-0.2, -0.15) is 0 Å². The molecule has 0 saturated carbocycles. The average Bonchev–Trinajstić information content (AvgIpc) is 2.53. The third kappa shape index (κ3) is 5.28. The summed E-state index contributed by atoms with van der Waals surface area (Å²) in [6, 6.07) is 15.3. The van der Waals surface area contributed by atoms with E-state index in [1.54, 1.807) is 0 Å². The molecule has 0 aromatic heterocycles. The predicted octanol–water partition coefficient (Wildman–Crippen LogP) is 3.82. The summed E-state index contributed by atoms with van der Waals surface area (Å²) in [5, 5.41) is 6.05. The smallest absolute Gasteiger partial charge is 0.316 e. The van der Waals surface area contributed by atoms with Crippen LogP contribution in [0.15, 0.2) is 48.5 Å². The second-order valence-corrected chi connectivity index (χ2v) is 5.99. The van der Waals surface area contributed by atoms with Gasteiger partial charge in [-0.05, 0) is 44.5 Å². The van der Waals surface area contributed by atoms with Crippen LogP contribution in [0.5, 0.6) is 5.75 Å². The summed E-state index contributed by atoms with van der Waals surface area (Å²) in [6.45, 7) is 6.86. The van der Waals surface area contributed by atoms with Crippen LogP contribution in [-0.2, 0) is 6.54 Å². The highest BCUT2D eigenvalue weighted by Crippen LogP contribution is 2.21. The van der Waals surface area contributed by atoms with E-state index in [1.165, 1.54) is 0 Å². The molecule has 128 valence electrons. The van der Waals surface area contributed by atoms with Gasteiger partial charge in [0.05, 0.1) is 6.10 Å². The minimum Gasteiger partial charge on any atom is -0.491 e. The molecule has 24 heavy (non-hydrogen) atoms. The molecule has 0 aliphatic heterocycles. The molecule has 2 aromatic carbocycles. The lowest BCUT2D eigenvalue weighted by molar-refractivity contribution is 0.239. The summed E-state index contributed by atoms with van der Waals surface area (Å²) >= 11 is 0. The van der Waals surface area contributed by atoms with E-state index in [1.807, 2.05) is 56.3 Å². The molecule has 0 aliphatic rings. The van der Waals surface area contributed by atoms with Gasteiger partial charge in [0.1, 0.15) is 5.75 Å². The van der Waals surface area contributed by atoms with Gasteiger partial charge < -0.3 is 21.1 Å². The van der Waals surface area contributed by atoms with Crippen molar-refractivity contribution in [3.63, 3.8) is 0 Å². The van der Waals surface area contributed by atoms with E-state index in [9.17, 15) is 4.79 Å². The SMILES string of the molecule is CC(C)Oc1ccccc1CNC(C)c1ccc(NC(N)=O)cc1. The first-order chi connectivity index (χ1) is 11.5. The summed E-state index contributed by atoms with van der Waals surface area (Å²) in [4.78, 5) is 10.8. The number of carbonyl (C=O) groups is 1. The zero-order chi connectivity index (χ0) is 17.5. The molecule has 5 nitrogen and oxygen atoms in total. The Morgan fingerprint density at radius 1 is 1.08 bits per heavy atom. The fraction of sp³-hybridized carbons (Fsp3) is 0.316. The lowest BCUT2D eigenvalue weighted by atomic mass is 10.1. The van der Waals surface area contributed by atoms with Crippen molar-refractivity contribution >= 4 is 11.7 Å². The zero-order valence-electron chi connectivity index (χ0n) is 14.4. The molecule has 0 aliphatic carbocycles. The van der Waals surface area contributed by atoms with Gasteiger partial charge in [-0.25, -0.2) is 4.79 Å². The number of para-hydroxylation sites is 1. The lowest BCUT2D eigenvalue weighted by Crippen LogP contribution is -2.20. The van der Waals surface area contributed by atoms with E-state index in [0.29, 0.717) is 12.2 Å². The molecule has 4 N–H and O–H groups in total. The Morgan fingerprint density at radius 3 is 2.38 bits per heavy atom. The number of urea groups is 1. The van der Waals surface area contributed by atoms with Gasteiger partial charge in [-0.15, -0.1) is 0 Å². The molecule has 5 heteroatoms. The van der Waals surface area contributed by atoms with E-state index >= 15 is 0 Å². The Kier molecular flexibility index (Phi) is 6.21. The average molecular weight is 327 g/mol. The van der Waals surface area contributed by atoms with Crippen molar-refractivity contribution in [3.05, 3.63) is 59.7 Å². The molecule has 0 heterocycles. The number of carbonyl (C=O) groups excluding carboxylic acids is 1. The van der Waals surface area contributed by atoms with Crippen molar-refractivity contribution in [1.82, 2.24) is 5.32 Å². The monoisotopic (exact) mass is 327 g/mol. The van der Waals surface area contributed by atoms with E-state index < -0.39 is 6.03 Å². The molecule has 2 aromatic rings. The van der Waals surface area contributed by atoms with E-state index in [2.05, 4.69) is 23.6 Å². The second-order valence-electron chi connectivity index (χ2n) is 5.99. The van der Waals surface area contributed by atoms with Crippen LogP contribution in [0.1, 0.15) is 37.9 Å². The second kappa shape index (κ2) is 8.36. The summed E-state index contributed by atoms with van der Waals surface area (Å²) in [5.74, 6) is 0.910. The molecular weight excluding hydrogens is 302 g/mol. The summed E-state index contributed by atoms with van der Waals surface area (Å²) < 4.78 is 5.84. The number of nitrogens with one attached hydrogen (secondary N) is 2. The first-order valence-corrected chi connectivity index (χ1v) is 8.10. The van der Waals surface area contributed by atoms with Crippen LogP contribution in [0, 0.1) is 0 Å². The van der Waals surface area contributed by atoms with Gasteiger partial charge in [0.25, 0.3) is 0 Å². The van der Waals surface area contributed by atoms with Crippen LogP contribution < -0.4 is 21.1 Å². The number of benzene rings is 2. The maximum atomic E-state index is 10.8. The molecule has 2 rings (SSSR count). The molecule has 0 spiro atoms. The van der Waals surface area contributed by atoms with Crippen LogP contribution in [0.3, 0.4) is 0 Å². The number of hydrogen-bond donors (Lipinski definition) is 3. The Labute approximate surface area is 143 Å². The Hall–Kier alpha value is -2.53. The molecule has 0 radical (unpaired) electrons. The molecule has 0 fully saturated rings. The van der Waals surface area contributed by atoms with Crippen molar-refractivity contribution in [1.29, 1.82) is 0 Å². The maximum absolute atomic E-state index is 10.8. The van der Waals surface area contributed by atoms with Crippen molar-refractivity contribution in [3.8, 4) is 5.75 Å². The normalized spacial score (nSPS) is 12.0. The fourth-order valence-electron chi connectivity index (χ4n) is 2.40. The number of primary amides is 1. The number of amides is 2. The number of hydrogen-bond acceptors (Lipinski definition) is 3. The molecule has 0 saturated heterocycles. The Bertz CT molecular complexity index is 669. The van der Waals surface area contributed by atoms with Gasteiger partial charge >= 0.3 is 6.03 Å². The highest BCUT2D eigenvalue weighted by Gasteiger charge is 2.09. The van der Waals surface area contributed by atoms with Crippen molar-refractivity contribution < 1.29 is 9.53 Å². The maximum Gasteiger partial charge on any atom is 0.316 e. The summed E-state index contributed by atoms with van der Waals surface area (Å²) in [6.07, 6.45) is 0.147. The minimum atomic E-state index is -0.560. The fourth-order valence-corrected chi connectivity index (χ4v) is 2.40. The highest BCUT2D eigenvalue weighted by atomic mass is 16.5. The topological polar surface area (TPSA) is 76.4 Å². The van der Waals surface area contributed by atoms with Crippen LogP contribution in [0.2, 0.25) is 0 Å². The van der Waals surface area contributed by atoms with Crippen LogP contribution in [0.4, 0.5) is 10.5 Å². The highest BCUT2D eigenvalue weighted by molar-refractivity contribution is 5.87. The molecule has 2 amide bonds. The number of ether oxygens (including phenoxy) is 1. The van der Waals surface area contributed by atoms with Crippen LogP contribution in [0.25, 0.3) is 0 Å². The number of anilines is 1. The van der Waals surface area contributed by atoms with Gasteiger partial charge in [0, 0.05) is 23.8 Å². The summed E-state index contributed by atoms with van der Waals surface area (Å²) in [7, 11) is 0. The van der Waals surface area contributed by atoms with Crippen LogP contribution in [-0.4, -0.2) is 12.1 Å². The molecule has 1 unspecified atom stereocenters. The van der Waals surface area contributed by atoms with Gasteiger partial charge in [-0.3, -0.25) is 0 Å². The number of rotatable bonds is 7. The molecular formula is C19H25N3O2. The standard InChI is InChI=1S/C19H25N3O2/c1-13(2)24-18-7-5-4-6-16(18)12-21-14(3)15-8-10-17(11-9-15)22-19(20)23/h4-11,13-14,21H,12H2,1-3H3,(H3,20,22,23). The van der Waals surface area contributed by atoms with E-state index in [0.717, 1.165) is 16.9 Å². The zero-order valence-corrected chi connectivity index (χ0v) is 14.4. The van der Waals surface area contributed by atoms with Gasteiger partial charge in [0.15, 0.2) is 0 Å². The van der Waals surface area contributed by atoms with E-state index in [-0.39, 0.29) is 12.1 Å². The molecule has 0 bridgehead atoms. The van der Waals surface area contributed by atoms with Crippen molar-refractivity contribution in [2.75, 3.05) is 5.32 Å². The Morgan fingerprint density at radius 2 is 1.75 bits per heavy atom. The van der Waals surface area contributed by atoms with Crippen molar-refractivity contribution in [2.24, 2.45) is 5.73 Å². The minimum absolute atomic E-state index is 0.147. The quantitative estimate of drug-likeness (QED) is 0.723. The van der Waals surface area contributed by atoms with Gasteiger partial charge in [-0.1, -0.05) is 30.3 Å². The molecule has 1 atom stereocenters. The largest absolute Gasteiger partial charge is 0.491 e. The van der Waals surface area contributed by atoms with E-state index in [4.69, 9.17) is 10.5 Å². The lowest BCUT2D eigenvalue weighted by Gasteiger charge is -2.18. The first-order valence-electron chi connectivity index (χ1n) is 8.10. The Balaban J connectivity index is 1.98. The van der Waals surface area contributed by atoms with Crippen LogP contribution >= 0.6 is 0 Å². The van der Waals surface area contributed by atoms with Crippen molar-refractivity contribution in [2.45, 2.75) is 39.5 Å². The predicted molar refractivity (Wildman–Crippen MR) is 97.1 cm³/mol. The first kappa shape index (κ1) is 17.8. The third-order valence-electron chi connectivity index (χ3n) is 3.61. The summed E-state index contributed by atoms with van der Waals surface area (Å²) in [5.41, 5.74) is 8.06. The van der Waals surface area contributed by atoms with Gasteiger partial charge in [0.2, 0.25) is 0 Å². The third-order valence-corrected chi connectivity index (χ3v) is 3.61. The number of nitrogens with two attached hydrogens (primary N) is 1.